The van der Waals surface area contributed by atoms with Crippen molar-refractivity contribution in [3.8, 4) is 16.9 Å². The van der Waals surface area contributed by atoms with Crippen LogP contribution in [0.1, 0.15) is 20.8 Å². The molecule has 0 aliphatic carbocycles. The van der Waals surface area contributed by atoms with Gasteiger partial charge in [-0.25, -0.2) is 4.79 Å². The Morgan fingerprint density at radius 1 is 1.07 bits per heavy atom. The SMILES string of the molecule is COc1ccc(CC(=O)Nc2sc(C)c(-c3ccccc3)c2C(=O)O)cc1. The Kier molecular flexibility index (Phi) is 5.57. The van der Waals surface area contributed by atoms with Gasteiger partial charge in [0.25, 0.3) is 0 Å². The van der Waals surface area contributed by atoms with Crippen molar-refractivity contribution in [3.05, 3.63) is 70.6 Å². The van der Waals surface area contributed by atoms with Crippen LogP contribution in [0.15, 0.2) is 54.6 Å². The third-order valence-corrected chi connectivity index (χ3v) is 5.16. The van der Waals surface area contributed by atoms with Crippen LogP contribution < -0.4 is 10.1 Å². The molecule has 6 heteroatoms. The van der Waals surface area contributed by atoms with E-state index in [4.69, 9.17) is 4.74 Å². The van der Waals surface area contributed by atoms with Crippen molar-refractivity contribution in [3.63, 3.8) is 0 Å². The lowest BCUT2D eigenvalue weighted by molar-refractivity contribution is -0.115. The first-order valence-corrected chi connectivity index (χ1v) is 9.16. The molecule has 0 radical (unpaired) electrons. The highest BCUT2D eigenvalue weighted by Crippen LogP contribution is 2.39. The molecule has 0 spiro atoms. The number of anilines is 1. The summed E-state index contributed by atoms with van der Waals surface area (Å²) in [6.07, 6.45) is 0.153. The average Bonchev–Trinajstić information content (AvgIpc) is 2.98. The lowest BCUT2D eigenvalue weighted by Crippen LogP contribution is -2.15. The zero-order valence-corrected chi connectivity index (χ0v) is 15.8. The molecule has 0 saturated carbocycles. The van der Waals surface area contributed by atoms with Gasteiger partial charge in [-0.3, -0.25) is 4.79 Å². The molecular formula is C21H19NO4S. The highest BCUT2D eigenvalue weighted by Gasteiger charge is 2.23. The van der Waals surface area contributed by atoms with Crippen molar-refractivity contribution in [1.82, 2.24) is 0 Å². The molecule has 3 rings (SSSR count). The molecule has 1 heterocycles. The summed E-state index contributed by atoms with van der Waals surface area (Å²) in [6, 6.07) is 16.5. The first-order chi connectivity index (χ1) is 13.0. The fraction of sp³-hybridized carbons (Fsp3) is 0.143. The van der Waals surface area contributed by atoms with Crippen LogP contribution >= 0.6 is 11.3 Å². The normalized spacial score (nSPS) is 10.4. The molecule has 0 bridgehead atoms. The van der Waals surface area contributed by atoms with E-state index in [2.05, 4.69) is 5.32 Å². The minimum absolute atomic E-state index is 0.131. The summed E-state index contributed by atoms with van der Waals surface area (Å²) >= 11 is 1.28. The quantitative estimate of drug-likeness (QED) is 0.654. The second-order valence-corrected chi connectivity index (χ2v) is 7.21. The Labute approximate surface area is 161 Å². The van der Waals surface area contributed by atoms with Crippen LogP contribution in [0.2, 0.25) is 0 Å². The number of aromatic carboxylic acids is 1. The number of carbonyl (C=O) groups is 2. The summed E-state index contributed by atoms with van der Waals surface area (Å²) in [5.41, 5.74) is 2.42. The number of thiophene rings is 1. The molecule has 0 unspecified atom stereocenters. The second kappa shape index (κ2) is 8.05. The number of methoxy groups -OCH3 is 1. The minimum Gasteiger partial charge on any atom is -0.497 e. The molecule has 1 aromatic heterocycles. The fourth-order valence-electron chi connectivity index (χ4n) is 2.89. The van der Waals surface area contributed by atoms with Crippen LogP contribution in [0.25, 0.3) is 11.1 Å². The predicted octanol–water partition coefficient (Wildman–Crippen LogP) is 4.61. The van der Waals surface area contributed by atoms with E-state index in [0.717, 1.165) is 16.0 Å². The van der Waals surface area contributed by atoms with Gasteiger partial charge in [0.2, 0.25) is 5.91 Å². The highest BCUT2D eigenvalue weighted by molar-refractivity contribution is 7.17. The number of nitrogens with one attached hydrogen (secondary N) is 1. The molecule has 0 aliphatic heterocycles. The van der Waals surface area contributed by atoms with Crippen LogP contribution in [-0.2, 0) is 11.2 Å². The molecule has 0 fully saturated rings. The van der Waals surface area contributed by atoms with E-state index in [1.807, 2.05) is 49.4 Å². The maximum absolute atomic E-state index is 12.4. The molecule has 3 aromatic rings. The number of carboxylic acid groups (broad SMARTS) is 1. The van der Waals surface area contributed by atoms with Crippen LogP contribution in [0.3, 0.4) is 0 Å². The van der Waals surface area contributed by atoms with E-state index >= 15 is 0 Å². The van der Waals surface area contributed by atoms with E-state index in [9.17, 15) is 14.7 Å². The van der Waals surface area contributed by atoms with Gasteiger partial charge in [0.15, 0.2) is 0 Å². The van der Waals surface area contributed by atoms with Gasteiger partial charge in [0.1, 0.15) is 16.3 Å². The molecule has 0 saturated heterocycles. The lowest BCUT2D eigenvalue weighted by Gasteiger charge is -2.07. The summed E-state index contributed by atoms with van der Waals surface area (Å²) in [4.78, 5) is 25.2. The number of ether oxygens (including phenoxy) is 1. The maximum Gasteiger partial charge on any atom is 0.339 e. The Morgan fingerprint density at radius 2 is 1.74 bits per heavy atom. The van der Waals surface area contributed by atoms with Gasteiger partial charge in [-0.2, -0.15) is 0 Å². The first kappa shape index (κ1) is 18.7. The van der Waals surface area contributed by atoms with Crippen LogP contribution in [-0.4, -0.2) is 24.1 Å². The van der Waals surface area contributed by atoms with Crippen molar-refractivity contribution in [2.45, 2.75) is 13.3 Å². The van der Waals surface area contributed by atoms with E-state index < -0.39 is 5.97 Å². The van der Waals surface area contributed by atoms with Gasteiger partial charge >= 0.3 is 5.97 Å². The molecular weight excluding hydrogens is 362 g/mol. The topological polar surface area (TPSA) is 75.6 Å². The smallest absolute Gasteiger partial charge is 0.339 e. The number of amides is 1. The van der Waals surface area contributed by atoms with Crippen molar-refractivity contribution in [1.29, 1.82) is 0 Å². The molecule has 138 valence electrons. The van der Waals surface area contributed by atoms with Gasteiger partial charge in [0, 0.05) is 10.4 Å². The highest BCUT2D eigenvalue weighted by atomic mass is 32.1. The summed E-state index contributed by atoms with van der Waals surface area (Å²) < 4.78 is 5.11. The molecule has 5 nitrogen and oxygen atoms in total. The third-order valence-electron chi connectivity index (χ3n) is 4.14. The van der Waals surface area contributed by atoms with Crippen molar-refractivity contribution in [2.24, 2.45) is 0 Å². The predicted molar refractivity (Wildman–Crippen MR) is 107 cm³/mol. The zero-order chi connectivity index (χ0) is 19.4. The number of rotatable bonds is 6. The van der Waals surface area contributed by atoms with E-state index in [0.29, 0.717) is 16.3 Å². The van der Waals surface area contributed by atoms with Crippen molar-refractivity contribution in [2.75, 3.05) is 12.4 Å². The largest absolute Gasteiger partial charge is 0.497 e. The monoisotopic (exact) mass is 381 g/mol. The zero-order valence-electron chi connectivity index (χ0n) is 15.0. The van der Waals surface area contributed by atoms with E-state index in [-0.39, 0.29) is 17.9 Å². The summed E-state index contributed by atoms with van der Waals surface area (Å²) in [5.74, 6) is -0.602. The third kappa shape index (κ3) is 4.17. The van der Waals surface area contributed by atoms with Gasteiger partial charge in [-0.15, -0.1) is 11.3 Å². The second-order valence-electron chi connectivity index (χ2n) is 5.98. The number of carboxylic acids is 1. The fourth-order valence-corrected chi connectivity index (χ4v) is 3.97. The summed E-state index contributed by atoms with van der Waals surface area (Å²) in [7, 11) is 1.58. The van der Waals surface area contributed by atoms with Crippen molar-refractivity contribution >= 4 is 28.2 Å². The lowest BCUT2D eigenvalue weighted by atomic mass is 10.0. The Bertz CT molecular complexity index is 962. The van der Waals surface area contributed by atoms with Gasteiger partial charge in [0.05, 0.1) is 13.5 Å². The summed E-state index contributed by atoms with van der Waals surface area (Å²) in [5, 5.41) is 12.8. The number of hydrogen-bond acceptors (Lipinski definition) is 4. The average molecular weight is 381 g/mol. The van der Waals surface area contributed by atoms with Crippen LogP contribution in [0.4, 0.5) is 5.00 Å². The Morgan fingerprint density at radius 3 is 2.33 bits per heavy atom. The first-order valence-electron chi connectivity index (χ1n) is 8.34. The van der Waals surface area contributed by atoms with E-state index in [1.54, 1.807) is 19.2 Å². The Balaban J connectivity index is 1.86. The van der Waals surface area contributed by atoms with Gasteiger partial charge in [-0.05, 0) is 30.2 Å². The molecule has 0 atom stereocenters. The summed E-state index contributed by atoms with van der Waals surface area (Å²) in [6.45, 7) is 1.86. The number of aryl methyl sites for hydroxylation is 1. The van der Waals surface area contributed by atoms with E-state index in [1.165, 1.54) is 11.3 Å². The molecule has 2 aromatic carbocycles. The van der Waals surface area contributed by atoms with Crippen molar-refractivity contribution < 1.29 is 19.4 Å². The molecule has 27 heavy (non-hydrogen) atoms. The van der Waals surface area contributed by atoms with Gasteiger partial charge in [-0.1, -0.05) is 42.5 Å². The molecule has 2 N–H and O–H groups in total. The number of hydrogen-bond donors (Lipinski definition) is 2. The van der Waals surface area contributed by atoms with Crippen LogP contribution in [0, 0.1) is 6.92 Å². The number of benzene rings is 2. The molecule has 1 amide bonds. The standard InChI is InChI=1S/C21H19NO4S/c1-13-18(15-6-4-3-5-7-15)19(21(24)25)20(27-13)22-17(23)12-14-8-10-16(26-2)11-9-14/h3-11H,12H2,1-2H3,(H,22,23)(H,24,25). The maximum atomic E-state index is 12.4. The number of carbonyl (C=O) groups excluding carboxylic acids is 1. The van der Waals surface area contributed by atoms with Gasteiger partial charge < -0.3 is 15.2 Å². The minimum atomic E-state index is -1.06. The Hall–Kier alpha value is -3.12. The van der Waals surface area contributed by atoms with Crippen LogP contribution in [0.5, 0.6) is 5.75 Å². The molecule has 0 aliphatic rings.